The molecule has 3 atom stereocenters. The van der Waals surface area contributed by atoms with Crippen molar-refractivity contribution in [3.05, 3.63) is 29.3 Å². The van der Waals surface area contributed by atoms with Crippen LogP contribution in [0.25, 0.3) is 0 Å². The molecule has 1 fully saturated rings. The number of aryl methyl sites for hydroxylation is 1. The van der Waals surface area contributed by atoms with Gasteiger partial charge in [-0.15, -0.1) is 0 Å². The van der Waals surface area contributed by atoms with E-state index in [1.807, 2.05) is 13.0 Å². The average Bonchev–Trinajstić information content (AvgIpc) is 2.73. The number of benzene rings is 1. The van der Waals surface area contributed by atoms with Gasteiger partial charge < -0.3 is 0 Å². The number of nitrogens with one attached hydrogen (secondary N) is 1. The van der Waals surface area contributed by atoms with Crippen LogP contribution in [0.1, 0.15) is 96.1 Å². The number of anilines is 1. The van der Waals surface area contributed by atoms with Gasteiger partial charge in [0, 0.05) is 18.5 Å². The highest BCUT2D eigenvalue weighted by Gasteiger charge is 2.35. The zero-order chi connectivity index (χ0) is 22.3. The number of amides is 3. The van der Waals surface area contributed by atoms with Crippen LogP contribution in [0.15, 0.2) is 18.2 Å². The van der Waals surface area contributed by atoms with Crippen LogP contribution in [0.4, 0.5) is 5.69 Å². The first kappa shape index (κ1) is 24.1. The third-order valence-corrected chi connectivity index (χ3v) is 6.39. The molecule has 0 spiro atoms. The van der Waals surface area contributed by atoms with Gasteiger partial charge in [-0.25, -0.2) is 0 Å². The first-order valence-electron chi connectivity index (χ1n) is 11.6. The molecular formula is C25H38N2O3. The molecule has 0 radical (unpaired) electrons. The fourth-order valence-electron chi connectivity index (χ4n) is 4.29. The van der Waals surface area contributed by atoms with Crippen LogP contribution in [-0.4, -0.2) is 23.8 Å². The number of piperidine rings is 1. The van der Waals surface area contributed by atoms with Crippen molar-refractivity contribution in [2.75, 3.05) is 4.90 Å². The SMILES string of the molecule is CCCC(CCC(C)CC)c1ccc(N(C(=O)CC)C2CCC(=O)NC2=O)c(C)c1. The Balaban J connectivity index is 2.31. The number of carbonyl (C=O) groups excluding carboxylic acids is 3. The highest BCUT2D eigenvalue weighted by Crippen LogP contribution is 2.33. The van der Waals surface area contributed by atoms with Crippen molar-refractivity contribution in [2.45, 2.75) is 97.9 Å². The molecule has 0 saturated carbocycles. The summed E-state index contributed by atoms with van der Waals surface area (Å²) in [5.41, 5.74) is 3.09. The Morgan fingerprint density at radius 3 is 2.47 bits per heavy atom. The van der Waals surface area contributed by atoms with E-state index in [1.54, 1.807) is 11.8 Å². The summed E-state index contributed by atoms with van der Waals surface area (Å²) in [5, 5.41) is 2.39. The third-order valence-electron chi connectivity index (χ3n) is 6.39. The Morgan fingerprint density at radius 2 is 1.90 bits per heavy atom. The van der Waals surface area contributed by atoms with Gasteiger partial charge in [-0.05, 0) is 55.2 Å². The Morgan fingerprint density at radius 1 is 1.17 bits per heavy atom. The van der Waals surface area contributed by atoms with Gasteiger partial charge in [0.15, 0.2) is 0 Å². The number of imide groups is 1. The standard InChI is InChI=1S/C25H38N2O3/c1-6-9-19(11-10-17(4)7-2)20-12-13-21(18(5)16-20)27(24(29)8-3)22-14-15-23(28)26-25(22)30/h12-13,16-17,19,22H,6-11,14-15H2,1-5H3,(H,26,28,30). The summed E-state index contributed by atoms with van der Waals surface area (Å²) in [6.45, 7) is 10.6. The van der Waals surface area contributed by atoms with Crippen molar-refractivity contribution in [2.24, 2.45) is 5.92 Å². The van der Waals surface area contributed by atoms with E-state index >= 15 is 0 Å². The molecule has 0 bridgehead atoms. The third kappa shape index (κ3) is 5.93. The molecule has 5 heteroatoms. The summed E-state index contributed by atoms with van der Waals surface area (Å²) in [5.74, 6) is 0.504. The first-order chi connectivity index (χ1) is 14.3. The average molecular weight is 415 g/mol. The summed E-state index contributed by atoms with van der Waals surface area (Å²) in [4.78, 5) is 38.4. The van der Waals surface area contributed by atoms with Gasteiger partial charge >= 0.3 is 0 Å². The smallest absolute Gasteiger partial charge is 0.249 e. The van der Waals surface area contributed by atoms with E-state index in [0.717, 1.165) is 30.0 Å². The summed E-state index contributed by atoms with van der Waals surface area (Å²) in [7, 11) is 0. The molecule has 1 aromatic rings. The van der Waals surface area contributed by atoms with Crippen molar-refractivity contribution >= 4 is 23.4 Å². The van der Waals surface area contributed by atoms with Crippen molar-refractivity contribution in [1.29, 1.82) is 0 Å². The van der Waals surface area contributed by atoms with Crippen molar-refractivity contribution in [3.63, 3.8) is 0 Å². The van der Waals surface area contributed by atoms with E-state index in [2.05, 4.69) is 38.2 Å². The van der Waals surface area contributed by atoms with Gasteiger partial charge in [0.05, 0.1) is 0 Å². The molecule has 1 aliphatic rings. The van der Waals surface area contributed by atoms with Crippen molar-refractivity contribution < 1.29 is 14.4 Å². The minimum atomic E-state index is -0.628. The van der Waals surface area contributed by atoms with Crippen LogP contribution in [0.5, 0.6) is 0 Å². The molecule has 1 aliphatic heterocycles. The Hall–Kier alpha value is -2.17. The normalized spacial score (nSPS) is 18.6. The fraction of sp³-hybridized carbons (Fsp3) is 0.640. The molecule has 1 saturated heterocycles. The van der Waals surface area contributed by atoms with E-state index in [4.69, 9.17) is 0 Å². The monoisotopic (exact) mass is 414 g/mol. The number of nitrogens with zero attached hydrogens (tertiary/aromatic N) is 1. The molecule has 1 N–H and O–H groups in total. The maximum atomic E-state index is 12.8. The van der Waals surface area contributed by atoms with Crippen LogP contribution < -0.4 is 10.2 Å². The predicted molar refractivity (Wildman–Crippen MR) is 121 cm³/mol. The first-order valence-corrected chi connectivity index (χ1v) is 11.6. The van der Waals surface area contributed by atoms with Gasteiger partial charge in [-0.3, -0.25) is 24.6 Å². The minimum absolute atomic E-state index is 0.0952. The van der Waals surface area contributed by atoms with E-state index < -0.39 is 6.04 Å². The second-order valence-electron chi connectivity index (χ2n) is 8.71. The molecule has 30 heavy (non-hydrogen) atoms. The van der Waals surface area contributed by atoms with Gasteiger partial charge in [-0.1, -0.05) is 59.1 Å². The van der Waals surface area contributed by atoms with Gasteiger partial charge in [0.25, 0.3) is 0 Å². The number of rotatable bonds is 10. The van der Waals surface area contributed by atoms with Crippen molar-refractivity contribution in [1.82, 2.24) is 5.32 Å². The zero-order valence-electron chi connectivity index (χ0n) is 19.3. The molecule has 1 heterocycles. The summed E-state index contributed by atoms with van der Waals surface area (Å²) in [6, 6.07) is 5.68. The largest absolute Gasteiger partial charge is 0.300 e. The maximum absolute atomic E-state index is 12.8. The molecule has 0 aromatic heterocycles. The summed E-state index contributed by atoms with van der Waals surface area (Å²) in [6.07, 6.45) is 6.83. The minimum Gasteiger partial charge on any atom is -0.300 e. The number of hydrogen-bond donors (Lipinski definition) is 1. The molecule has 0 aliphatic carbocycles. The molecule has 2 rings (SSSR count). The second kappa shape index (κ2) is 11.3. The van der Waals surface area contributed by atoms with E-state index in [9.17, 15) is 14.4 Å². The lowest BCUT2D eigenvalue weighted by Crippen LogP contribution is -2.54. The zero-order valence-corrected chi connectivity index (χ0v) is 19.3. The number of carbonyl (C=O) groups is 3. The Bertz CT molecular complexity index is 759. The van der Waals surface area contributed by atoms with Gasteiger partial charge in [0.1, 0.15) is 6.04 Å². The van der Waals surface area contributed by atoms with Crippen LogP contribution in [0.3, 0.4) is 0 Å². The topological polar surface area (TPSA) is 66.5 Å². The number of hydrogen-bond acceptors (Lipinski definition) is 3. The van der Waals surface area contributed by atoms with Crippen LogP contribution in [0.2, 0.25) is 0 Å². The van der Waals surface area contributed by atoms with Crippen LogP contribution in [0, 0.1) is 12.8 Å². The van der Waals surface area contributed by atoms with E-state index in [1.165, 1.54) is 24.8 Å². The maximum Gasteiger partial charge on any atom is 0.249 e. The Labute approximate surface area is 181 Å². The molecule has 5 nitrogen and oxygen atoms in total. The molecular weight excluding hydrogens is 376 g/mol. The molecule has 166 valence electrons. The van der Waals surface area contributed by atoms with Gasteiger partial charge in [0.2, 0.25) is 17.7 Å². The fourth-order valence-corrected chi connectivity index (χ4v) is 4.29. The van der Waals surface area contributed by atoms with Crippen molar-refractivity contribution in [3.8, 4) is 0 Å². The summed E-state index contributed by atoms with van der Waals surface area (Å²) >= 11 is 0. The highest BCUT2D eigenvalue weighted by atomic mass is 16.2. The summed E-state index contributed by atoms with van der Waals surface area (Å²) < 4.78 is 0. The second-order valence-corrected chi connectivity index (χ2v) is 8.71. The van der Waals surface area contributed by atoms with Crippen LogP contribution in [-0.2, 0) is 14.4 Å². The van der Waals surface area contributed by atoms with Gasteiger partial charge in [-0.2, -0.15) is 0 Å². The lowest BCUT2D eigenvalue weighted by atomic mass is 9.86. The molecule has 3 amide bonds. The van der Waals surface area contributed by atoms with E-state index in [-0.39, 0.29) is 24.1 Å². The molecule has 3 unspecified atom stereocenters. The lowest BCUT2D eigenvalue weighted by molar-refractivity contribution is -0.135. The highest BCUT2D eigenvalue weighted by molar-refractivity contribution is 6.07. The predicted octanol–water partition coefficient (Wildman–Crippen LogP) is 5.25. The molecule has 1 aromatic carbocycles. The van der Waals surface area contributed by atoms with E-state index in [0.29, 0.717) is 18.8 Å². The lowest BCUT2D eigenvalue weighted by Gasteiger charge is -2.34. The quantitative estimate of drug-likeness (QED) is 0.532. The Kier molecular flexibility index (Phi) is 9.07. The van der Waals surface area contributed by atoms with Crippen LogP contribution >= 0.6 is 0 Å².